The lowest BCUT2D eigenvalue weighted by molar-refractivity contribution is 0.0935. The number of amides is 1. The third-order valence-electron chi connectivity index (χ3n) is 4.30. The number of hydrogen-bond acceptors (Lipinski definition) is 4. The van der Waals surface area contributed by atoms with E-state index in [2.05, 4.69) is 15.6 Å². The Labute approximate surface area is 159 Å². The summed E-state index contributed by atoms with van der Waals surface area (Å²) in [6.45, 7) is 2.61. The van der Waals surface area contributed by atoms with Gasteiger partial charge in [-0.25, -0.2) is 0 Å². The van der Waals surface area contributed by atoms with E-state index in [0.717, 1.165) is 22.6 Å². The molecule has 1 aromatic heterocycles. The highest BCUT2D eigenvalue weighted by Gasteiger charge is 2.12. The summed E-state index contributed by atoms with van der Waals surface area (Å²) in [4.78, 5) is 16.7. The van der Waals surface area contributed by atoms with Gasteiger partial charge in [-0.3, -0.25) is 9.78 Å². The van der Waals surface area contributed by atoms with Crippen LogP contribution in [-0.4, -0.2) is 18.0 Å². The van der Waals surface area contributed by atoms with E-state index in [4.69, 9.17) is 4.74 Å². The van der Waals surface area contributed by atoms with E-state index < -0.39 is 0 Å². The lowest BCUT2D eigenvalue weighted by atomic mass is 10.1. The smallest absolute Gasteiger partial charge is 0.270 e. The van der Waals surface area contributed by atoms with Crippen LogP contribution in [0.3, 0.4) is 0 Å². The van der Waals surface area contributed by atoms with Crippen molar-refractivity contribution in [1.82, 2.24) is 10.3 Å². The number of nitrogens with zero attached hydrogens (tertiary/aromatic N) is 1. The summed E-state index contributed by atoms with van der Waals surface area (Å²) in [5, 5.41) is 6.30. The van der Waals surface area contributed by atoms with Gasteiger partial charge in [-0.15, -0.1) is 0 Å². The number of aromatic nitrogens is 1. The molecule has 1 heterocycles. The summed E-state index contributed by atoms with van der Waals surface area (Å²) in [5.74, 6) is 0.633. The molecule has 0 radical (unpaired) electrons. The van der Waals surface area contributed by atoms with Crippen molar-refractivity contribution in [1.29, 1.82) is 0 Å². The standard InChI is InChI=1S/C22H23N3O2/c1-16(18-6-4-3-5-7-18)25-22(26)21-14-19(12-13-23-21)24-15-17-8-10-20(27-2)11-9-17/h3-14,16H,15H2,1-2H3,(H,23,24)(H,25,26). The zero-order valence-corrected chi connectivity index (χ0v) is 15.5. The molecule has 3 rings (SSSR count). The van der Waals surface area contributed by atoms with Gasteiger partial charge >= 0.3 is 0 Å². The first-order valence-corrected chi connectivity index (χ1v) is 8.84. The fraction of sp³-hybridized carbons (Fsp3) is 0.182. The van der Waals surface area contributed by atoms with Crippen molar-refractivity contribution in [3.8, 4) is 5.75 Å². The molecule has 1 unspecified atom stereocenters. The lowest BCUT2D eigenvalue weighted by Gasteiger charge is -2.14. The van der Waals surface area contributed by atoms with Gasteiger partial charge in [0.1, 0.15) is 11.4 Å². The number of methoxy groups -OCH3 is 1. The van der Waals surface area contributed by atoms with Crippen LogP contribution in [0.1, 0.15) is 34.6 Å². The second kappa shape index (κ2) is 8.85. The molecular formula is C22H23N3O2. The van der Waals surface area contributed by atoms with Crippen molar-refractivity contribution in [3.05, 3.63) is 89.7 Å². The quantitative estimate of drug-likeness (QED) is 0.662. The Morgan fingerprint density at radius 1 is 1.07 bits per heavy atom. The Morgan fingerprint density at radius 3 is 2.52 bits per heavy atom. The minimum atomic E-state index is -0.195. The van der Waals surface area contributed by atoms with Crippen molar-refractivity contribution < 1.29 is 9.53 Å². The Kier molecular flexibility index (Phi) is 6.05. The zero-order valence-electron chi connectivity index (χ0n) is 15.5. The third-order valence-corrected chi connectivity index (χ3v) is 4.30. The number of rotatable bonds is 7. The lowest BCUT2D eigenvalue weighted by Crippen LogP contribution is -2.27. The van der Waals surface area contributed by atoms with Gasteiger partial charge in [0.05, 0.1) is 13.2 Å². The van der Waals surface area contributed by atoms with Gasteiger partial charge in [-0.2, -0.15) is 0 Å². The number of carbonyl (C=O) groups is 1. The van der Waals surface area contributed by atoms with E-state index in [9.17, 15) is 4.79 Å². The first-order chi connectivity index (χ1) is 13.2. The number of pyridine rings is 1. The van der Waals surface area contributed by atoms with Gasteiger partial charge in [0, 0.05) is 18.4 Å². The maximum Gasteiger partial charge on any atom is 0.270 e. The van der Waals surface area contributed by atoms with Crippen molar-refractivity contribution in [2.24, 2.45) is 0 Å². The first-order valence-electron chi connectivity index (χ1n) is 8.84. The van der Waals surface area contributed by atoms with E-state index in [1.54, 1.807) is 19.4 Å². The van der Waals surface area contributed by atoms with E-state index in [1.807, 2.05) is 67.6 Å². The molecule has 1 amide bonds. The zero-order chi connectivity index (χ0) is 19.1. The van der Waals surface area contributed by atoms with Crippen LogP contribution >= 0.6 is 0 Å². The average Bonchev–Trinajstić information content (AvgIpc) is 2.73. The molecule has 5 nitrogen and oxygen atoms in total. The van der Waals surface area contributed by atoms with Gasteiger partial charge in [0.25, 0.3) is 5.91 Å². The van der Waals surface area contributed by atoms with Crippen molar-refractivity contribution >= 4 is 11.6 Å². The minimum absolute atomic E-state index is 0.0867. The Bertz CT molecular complexity index is 880. The summed E-state index contributed by atoms with van der Waals surface area (Å²) < 4.78 is 5.16. The van der Waals surface area contributed by atoms with Gasteiger partial charge in [-0.05, 0) is 42.3 Å². The number of ether oxygens (including phenoxy) is 1. The molecule has 0 aliphatic carbocycles. The van der Waals surface area contributed by atoms with Crippen LogP contribution in [0.25, 0.3) is 0 Å². The van der Waals surface area contributed by atoms with Gasteiger partial charge in [-0.1, -0.05) is 42.5 Å². The fourth-order valence-electron chi connectivity index (χ4n) is 2.71. The van der Waals surface area contributed by atoms with Crippen LogP contribution in [0.15, 0.2) is 72.9 Å². The van der Waals surface area contributed by atoms with E-state index in [0.29, 0.717) is 12.2 Å². The molecule has 2 N–H and O–H groups in total. The van der Waals surface area contributed by atoms with E-state index in [1.165, 1.54) is 0 Å². The van der Waals surface area contributed by atoms with Crippen LogP contribution < -0.4 is 15.4 Å². The Balaban J connectivity index is 1.61. The van der Waals surface area contributed by atoms with Crippen LogP contribution in [0.4, 0.5) is 5.69 Å². The van der Waals surface area contributed by atoms with E-state index in [-0.39, 0.29) is 11.9 Å². The molecule has 0 saturated heterocycles. The SMILES string of the molecule is COc1ccc(CNc2ccnc(C(=O)NC(C)c3ccccc3)c2)cc1. The topological polar surface area (TPSA) is 63.2 Å². The molecule has 0 aliphatic rings. The molecule has 1 atom stereocenters. The van der Waals surface area contributed by atoms with Crippen LogP contribution in [0.5, 0.6) is 5.75 Å². The normalized spacial score (nSPS) is 11.5. The molecule has 0 bridgehead atoms. The maximum atomic E-state index is 12.5. The Hall–Kier alpha value is -3.34. The molecule has 2 aromatic carbocycles. The van der Waals surface area contributed by atoms with Crippen molar-refractivity contribution in [2.45, 2.75) is 19.5 Å². The highest BCUT2D eigenvalue weighted by atomic mass is 16.5. The number of benzene rings is 2. The monoisotopic (exact) mass is 361 g/mol. The Morgan fingerprint density at radius 2 is 1.81 bits per heavy atom. The fourth-order valence-corrected chi connectivity index (χ4v) is 2.71. The molecule has 138 valence electrons. The summed E-state index contributed by atoms with van der Waals surface area (Å²) in [5.41, 5.74) is 3.41. The molecule has 0 spiro atoms. The summed E-state index contributed by atoms with van der Waals surface area (Å²) >= 11 is 0. The van der Waals surface area contributed by atoms with Gasteiger partial charge in [0.15, 0.2) is 0 Å². The van der Waals surface area contributed by atoms with E-state index >= 15 is 0 Å². The molecule has 5 heteroatoms. The van der Waals surface area contributed by atoms with Crippen molar-refractivity contribution in [2.75, 3.05) is 12.4 Å². The third kappa shape index (κ3) is 5.07. The molecule has 0 saturated carbocycles. The van der Waals surface area contributed by atoms with Gasteiger partial charge < -0.3 is 15.4 Å². The number of anilines is 1. The largest absolute Gasteiger partial charge is 0.497 e. The first kappa shape index (κ1) is 18.5. The molecular weight excluding hydrogens is 338 g/mol. The number of nitrogens with one attached hydrogen (secondary N) is 2. The second-order valence-electron chi connectivity index (χ2n) is 6.24. The summed E-state index contributed by atoms with van der Waals surface area (Å²) in [6.07, 6.45) is 1.64. The summed E-state index contributed by atoms with van der Waals surface area (Å²) in [7, 11) is 1.65. The van der Waals surface area contributed by atoms with Crippen LogP contribution in [0.2, 0.25) is 0 Å². The minimum Gasteiger partial charge on any atom is -0.497 e. The maximum absolute atomic E-state index is 12.5. The highest BCUT2D eigenvalue weighted by molar-refractivity contribution is 5.93. The van der Waals surface area contributed by atoms with Crippen LogP contribution in [0, 0.1) is 0 Å². The number of carbonyl (C=O) groups excluding carboxylic acids is 1. The predicted octanol–water partition coefficient (Wildman–Crippen LogP) is 4.19. The number of hydrogen-bond donors (Lipinski definition) is 2. The molecule has 3 aromatic rings. The van der Waals surface area contributed by atoms with Crippen molar-refractivity contribution in [3.63, 3.8) is 0 Å². The predicted molar refractivity (Wildman–Crippen MR) is 107 cm³/mol. The van der Waals surface area contributed by atoms with Crippen LogP contribution in [-0.2, 0) is 6.54 Å². The molecule has 0 fully saturated rings. The molecule has 0 aliphatic heterocycles. The highest BCUT2D eigenvalue weighted by Crippen LogP contribution is 2.15. The second-order valence-corrected chi connectivity index (χ2v) is 6.24. The van der Waals surface area contributed by atoms with Gasteiger partial charge in [0.2, 0.25) is 0 Å². The average molecular weight is 361 g/mol. The summed E-state index contributed by atoms with van der Waals surface area (Å²) in [6, 6.07) is 21.2. The molecule has 27 heavy (non-hydrogen) atoms.